The van der Waals surface area contributed by atoms with Crippen molar-refractivity contribution in [1.29, 1.82) is 0 Å². The van der Waals surface area contributed by atoms with Crippen molar-refractivity contribution < 1.29 is 38.4 Å². The van der Waals surface area contributed by atoms with Crippen LogP contribution >= 0.6 is 24.8 Å². The van der Waals surface area contributed by atoms with Crippen molar-refractivity contribution in [3.8, 4) is 0 Å². The number of ketones is 1. The Labute approximate surface area is 456 Å². The van der Waals surface area contributed by atoms with E-state index in [1.165, 1.54) is 5.56 Å². The SMILES string of the molecule is CN[C@@H](C)C(=O)N[C@H](C(=O)N[C@@H](CCNC(=O)c1ccc2cc(C(=O)C[C@H]3C[C@@H](C(=O)N[C@@H]4CCCc5ccccc54)N(C(=O)[C@@H](NC(=O)[C@H](C)NC)C(C)(C)C)C3)ccc2c1)C(=O)N[C@H](C)C(C)C)C(C)C.Cl.Cl. The van der Waals surface area contributed by atoms with Crippen LogP contribution in [0.2, 0.25) is 0 Å². The summed E-state index contributed by atoms with van der Waals surface area (Å²) in [6.45, 7) is 18.6. The first-order chi connectivity index (χ1) is 34.4. The molecule has 1 saturated heterocycles. The molecule has 19 heteroatoms. The summed E-state index contributed by atoms with van der Waals surface area (Å²) in [6.07, 6.45) is 3.03. The fourth-order valence-corrected chi connectivity index (χ4v) is 9.29. The third-order valence-electron chi connectivity index (χ3n) is 14.6. The molecule has 2 aliphatic rings. The van der Waals surface area contributed by atoms with Crippen molar-refractivity contribution >= 4 is 82.7 Å². The highest BCUT2D eigenvalue weighted by atomic mass is 35.5. The van der Waals surface area contributed by atoms with E-state index in [0.717, 1.165) is 30.2 Å². The third-order valence-corrected chi connectivity index (χ3v) is 14.6. The number of benzene rings is 3. The van der Waals surface area contributed by atoms with Gasteiger partial charge in [-0.2, -0.15) is 0 Å². The number of hydrogen-bond donors (Lipinski definition) is 8. The van der Waals surface area contributed by atoms with Gasteiger partial charge < -0.3 is 47.4 Å². The number of Topliss-reactive ketones (excluding diaryl/α,β-unsaturated/α-hetero) is 1. The Hall–Kier alpha value is -5.62. The van der Waals surface area contributed by atoms with Crippen LogP contribution in [0.25, 0.3) is 10.8 Å². The van der Waals surface area contributed by atoms with Crippen molar-refractivity contribution in [2.75, 3.05) is 27.2 Å². The van der Waals surface area contributed by atoms with Crippen molar-refractivity contribution in [3.63, 3.8) is 0 Å². The molecule has 17 nitrogen and oxygen atoms in total. The minimum Gasteiger partial charge on any atom is -0.352 e. The number of carbonyl (C=O) groups excluding carboxylic acids is 8. The van der Waals surface area contributed by atoms with E-state index in [0.29, 0.717) is 16.5 Å². The van der Waals surface area contributed by atoms with Crippen LogP contribution in [0, 0.1) is 23.2 Å². The summed E-state index contributed by atoms with van der Waals surface area (Å²) in [5.41, 5.74) is 2.37. The Kier molecular flexibility index (Phi) is 24.2. The molecular formula is C56H83Cl2N9O8. The monoisotopic (exact) mass is 1080 g/mol. The number of likely N-dealkylation sites (N-methyl/N-ethyl adjacent to an activating group) is 2. The fourth-order valence-electron chi connectivity index (χ4n) is 9.29. The van der Waals surface area contributed by atoms with E-state index < -0.39 is 59.4 Å². The molecule has 0 spiro atoms. The fraction of sp³-hybridized carbons (Fsp3) is 0.571. The van der Waals surface area contributed by atoms with Gasteiger partial charge in [-0.25, -0.2) is 0 Å². The van der Waals surface area contributed by atoms with Crippen LogP contribution in [-0.2, 0) is 35.2 Å². The molecule has 9 atom stereocenters. The number of amides is 7. The van der Waals surface area contributed by atoms with Gasteiger partial charge in [-0.15, -0.1) is 24.8 Å². The summed E-state index contributed by atoms with van der Waals surface area (Å²) in [6, 6.07) is 13.3. The predicted octanol–water partition coefficient (Wildman–Crippen LogP) is 5.32. The van der Waals surface area contributed by atoms with Gasteiger partial charge in [0.25, 0.3) is 5.91 Å². The topological polar surface area (TPSA) is 236 Å². The zero-order valence-electron chi connectivity index (χ0n) is 45.8. The summed E-state index contributed by atoms with van der Waals surface area (Å²) >= 11 is 0. The second-order valence-corrected chi connectivity index (χ2v) is 21.9. The standard InChI is InChI=1S/C56H81N9O8.2ClH/c1-31(2)33(5)60-52(70)44(62-54(72)47(32(3)4)63-49(67)34(6)57-11)24-25-59-51(69)41-23-21-38-28-40(22-20-39(38)29-41)46(66)27-36-26-45(53(71)61-43-19-15-17-37-16-13-14-18-42(37)43)65(30-36)55(73)48(56(8,9)10)64-50(68)35(7)58-12;;/h13-14,16,18,20-23,28-29,31-36,43-45,47-48,57-58H,15,17,19,24-27,30H2,1-12H3,(H,59,69)(H,60,70)(H,61,71)(H,62,72)(H,63,67)(H,64,68);2*1H/t33-,34+,35+,36-,43-,44+,45+,47+,48-;;/m1../s1. The predicted molar refractivity (Wildman–Crippen MR) is 298 cm³/mol. The highest BCUT2D eigenvalue weighted by Crippen LogP contribution is 2.34. The van der Waals surface area contributed by atoms with E-state index in [1.54, 1.807) is 83.1 Å². The van der Waals surface area contributed by atoms with Gasteiger partial charge in [-0.3, -0.25) is 38.4 Å². The molecule has 1 fully saturated rings. The van der Waals surface area contributed by atoms with Crippen LogP contribution in [0.3, 0.4) is 0 Å². The van der Waals surface area contributed by atoms with Gasteiger partial charge >= 0.3 is 0 Å². The molecule has 0 radical (unpaired) electrons. The number of halogens is 2. The van der Waals surface area contributed by atoms with Gasteiger partial charge in [0, 0.05) is 36.7 Å². The average molecular weight is 1080 g/mol. The number of likely N-dealkylation sites (tertiary alicyclic amines) is 1. The Morgan fingerprint density at radius 2 is 1.29 bits per heavy atom. The molecule has 0 unspecified atom stereocenters. The van der Waals surface area contributed by atoms with Crippen LogP contribution in [0.5, 0.6) is 0 Å². The van der Waals surface area contributed by atoms with Crippen molar-refractivity contribution in [3.05, 3.63) is 82.9 Å². The Bertz CT molecular complexity index is 2500. The Morgan fingerprint density at radius 1 is 0.693 bits per heavy atom. The molecular weight excluding hydrogens is 998 g/mol. The minimum absolute atomic E-state index is 0. The molecule has 8 N–H and O–H groups in total. The van der Waals surface area contributed by atoms with Crippen molar-refractivity contribution in [2.45, 2.75) is 156 Å². The molecule has 0 bridgehead atoms. The van der Waals surface area contributed by atoms with Gasteiger partial charge in [0.1, 0.15) is 24.2 Å². The summed E-state index contributed by atoms with van der Waals surface area (Å²) in [7, 11) is 3.31. The normalized spacial score (nSPS) is 18.6. The lowest BCUT2D eigenvalue weighted by Crippen LogP contribution is -2.59. The van der Waals surface area contributed by atoms with Crippen molar-refractivity contribution in [1.82, 2.24) is 47.4 Å². The zero-order valence-corrected chi connectivity index (χ0v) is 47.4. The largest absolute Gasteiger partial charge is 0.352 e. The zero-order chi connectivity index (χ0) is 53.9. The van der Waals surface area contributed by atoms with Crippen LogP contribution in [-0.4, -0.2) is 122 Å². The van der Waals surface area contributed by atoms with E-state index in [1.807, 2.05) is 59.7 Å². The number of hydrogen-bond acceptors (Lipinski definition) is 10. The molecule has 3 aromatic rings. The third kappa shape index (κ3) is 16.9. The number of aryl methyl sites for hydroxylation is 1. The summed E-state index contributed by atoms with van der Waals surface area (Å²) in [5.74, 6) is -3.32. The Balaban J connectivity index is 0.00000741. The summed E-state index contributed by atoms with van der Waals surface area (Å²) in [4.78, 5) is 111. The van der Waals surface area contributed by atoms with Crippen LogP contribution in [0.1, 0.15) is 139 Å². The van der Waals surface area contributed by atoms with E-state index in [-0.39, 0.29) is 116 Å². The second kappa shape index (κ2) is 28.5. The van der Waals surface area contributed by atoms with E-state index in [2.05, 4.69) is 48.6 Å². The smallest absolute Gasteiger partial charge is 0.251 e. The van der Waals surface area contributed by atoms with Gasteiger partial charge in [-0.05, 0) is 130 Å². The maximum absolute atomic E-state index is 14.6. The number of nitrogens with one attached hydrogen (secondary N) is 8. The highest BCUT2D eigenvalue weighted by Gasteiger charge is 2.46. The first kappa shape index (κ1) is 63.7. The second-order valence-electron chi connectivity index (χ2n) is 21.9. The summed E-state index contributed by atoms with van der Waals surface area (Å²) in [5, 5.41) is 24.8. The molecule has 1 heterocycles. The molecule has 1 aliphatic heterocycles. The minimum atomic E-state index is -1.00. The highest BCUT2D eigenvalue weighted by molar-refractivity contribution is 6.03. The molecule has 1 aliphatic carbocycles. The van der Waals surface area contributed by atoms with Gasteiger partial charge in [0.15, 0.2) is 5.78 Å². The van der Waals surface area contributed by atoms with E-state index in [4.69, 9.17) is 0 Å². The van der Waals surface area contributed by atoms with E-state index in [9.17, 15) is 38.4 Å². The molecule has 414 valence electrons. The van der Waals surface area contributed by atoms with E-state index >= 15 is 0 Å². The van der Waals surface area contributed by atoms with Gasteiger partial charge in [0.2, 0.25) is 35.4 Å². The molecule has 3 aromatic carbocycles. The van der Waals surface area contributed by atoms with Crippen LogP contribution in [0.4, 0.5) is 0 Å². The average Bonchev–Trinajstić information content (AvgIpc) is 3.78. The van der Waals surface area contributed by atoms with Crippen LogP contribution in [0.15, 0.2) is 60.7 Å². The number of rotatable bonds is 22. The van der Waals surface area contributed by atoms with Crippen LogP contribution < -0.4 is 42.5 Å². The lowest BCUT2D eigenvalue weighted by atomic mass is 9.85. The molecule has 75 heavy (non-hydrogen) atoms. The quantitative estimate of drug-likeness (QED) is 0.0604. The molecule has 5 rings (SSSR count). The first-order valence-corrected chi connectivity index (χ1v) is 26.0. The van der Waals surface area contributed by atoms with Crippen molar-refractivity contribution in [2.24, 2.45) is 23.2 Å². The maximum Gasteiger partial charge on any atom is 0.251 e. The van der Waals surface area contributed by atoms with Gasteiger partial charge in [-0.1, -0.05) is 90.9 Å². The lowest BCUT2D eigenvalue weighted by molar-refractivity contribution is -0.144. The summed E-state index contributed by atoms with van der Waals surface area (Å²) < 4.78 is 0. The molecule has 7 amide bonds. The number of fused-ring (bicyclic) bond motifs is 2. The first-order valence-electron chi connectivity index (χ1n) is 26.0. The molecule has 0 saturated carbocycles. The van der Waals surface area contributed by atoms with Gasteiger partial charge in [0.05, 0.1) is 18.1 Å². The Morgan fingerprint density at radius 3 is 1.89 bits per heavy atom. The molecule has 0 aromatic heterocycles. The number of nitrogens with zero attached hydrogens (tertiary/aromatic N) is 1. The number of carbonyl (C=O) groups is 8. The lowest BCUT2D eigenvalue weighted by Gasteiger charge is -2.36. The maximum atomic E-state index is 14.6.